The third-order valence-corrected chi connectivity index (χ3v) is 4.28. The molecule has 31 heavy (non-hydrogen) atoms. The molecule has 0 fully saturated rings. The Kier molecular flexibility index (Phi) is 7.60. The molecular weight excluding hydrogens is 420 g/mol. The van der Waals surface area contributed by atoms with Gasteiger partial charge in [0.2, 0.25) is 0 Å². The minimum Gasteiger partial charge on any atom is -0.484 e. The van der Waals surface area contributed by atoms with Gasteiger partial charge in [0, 0.05) is 24.8 Å². The van der Waals surface area contributed by atoms with Gasteiger partial charge in [0.05, 0.1) is 17.0 Å². The van der Waals surface area contributed by atoms with Crippen LogP contribution in [0.25, 0.3) is 11.3 Å². The molecule has 0 atom stereocenters. The zero-order chi connectivity index (χ0) is 23.3. The van der Waals surface area contributed by atoms with Gasteiger partial charge in [-0.1, -0.05) is 50.8 Å². The molecule has 0 N–H and O–H groups in total. The molecule has 0 amide bonds. The van der Waals surface area contributed by atoms with Gasteiger partial charge in [0.15, 0.2) is 6.61 Å². The Bertz CT molecular complexity index is 985. The molecule has 8 heteroatoms. The lowest BCUT2D eigenvalue weighted by atomic mass is 9.94. The van der Waals surface area contributed by atoms with Crippen molar-refractivity contribution in [3.63, 3.8) is 0 Å². The Hall–Kier alpha value is -3.16. The highest BCUT2D eigenvalue weighted by atomic mass is 19.4. The Morgan fingerprint density at radius 2 is 1.52 bits per heavy atom. The van der Waals surface area contributed by atoms with Gasteiger partial charge in [-0.05, 0) is 11.6 Å². The van der Waals surface area contributed by atoms with Gasteiger partial charge < -0.3 is 9.64 Å². The van der Waals surface area contributed by atoms with E-state index in [2.05, 4.69) is 11.3 Å². The smallest absolute Gasteiger partial charge is 0.422 e. The van der Waals surface area contributed by atoms with Crippen LogP contribution in [-0.2, 0) is 0 Å². The van der Waals surface area contributed by atoms with Crippen LogP contribution >= 0.6 is 0 Å². The van der Waals surface area contributed by atoms with Crippen LogP contribution in [0.3, 0.4) is 0 Å². The minimum absolute atomic E-state index is 0.0139. The van der Waals surface area contributed by atoms with Crippen LogP contribution in [0, 0.1) is 11.6 Å². The second kappa shape index (κ2) is 9.76. The Morgan fingerprint density at radius 1 is 0.968 bits per heavy atom. The number of rotatable bonds is 4. The van der Waals surface area contributed by atoms with Gasteiger partial charge >= 0.3 is 6.18 Å². The van der Waals surface area contributed by atoms with Crippen LogP contribution in [-0.4, -0.2) is 24.7 Å². The number of allylic oxidation sites excluding steroid dienone is 3. The topological polar surface area (TPSA) is 12.5 Å². The van der Waals surface area contributed by atoms with Gasteiger partial charge in [-0.2, -0.15) is 13.2 Å². The number of nitrogens with zero attached hydrogens (tertiary/aromatic N) is 1. The van der Waals surface area contributed by atoms with Gasteiger partial charge in [-0.3, -0.25) is 0 Å². The molecule has 0 unspecified atom stereocenters. The predicted molar refractivity (Wildman–Crippen MR) is 109 cm³/mol. The zero-order valence-electron chi connectivity index (χ0n) is 17.2. The highest BCUT2D eigenvalue weighted by molar-refractivity contribution is 5.97. The molecule has 0 bridgehead atoms. The van der Waals surface area contributed by atoms with Crippen molar-refractivity contribution in [2.75, 3.05) is 13.7 Å². The molecule has 2 nitrogen and oxygen atoms in total. The van der Waals surface area contributed by atoms with Crippen LogP contribution in [0.15, 0.2) is 66.6 Å². The maximum absolute atomic E-state index is 14.8. The molecule has 1 heterocycles. The lowest BCUT2D eigenvalue weighted by Crippen LogP contribution is -2.22. The van der Waals surface area contributed by atoms with Crippen molar-refractivity contribution < 1.29 is 31.1 Å². The molecule has 0 saturated carbocycles. The minimum atomic E-state index is -4.65. The summed E-state index contributed by atoms with van der Waals surface area (Å²) in [5, 5.41) is 0. The average Bonchev–Trinajstić information content (AvgIpc) is 2.73. The molecule has 0 aromatic heterocycles. The second-order valence-electron chi connectivity index (χ2n) is 6.29. The van der Waals surface area contributed by atoms with Crippen molar-refractivity contribution >= 4 is 11.3 Å². The van der Waals surface area contributed by atoms with E-state index < -0.39 is 41.6 Å². The van der Waals surface area contributed by atoms with Gasteiger partial charge in [-0.15, -0.1) is 0 Å². The van der Waals surface area contributed by atoms with Crippen molar-refractivity contribution in [1.29, 1.82) is 0 Å². The number of ether oxygens (including phenoxy) is 1. The van der Waals surface area contributed by atoms with Crippen LogP contribution in [0.4, 0.5) is 26.3 Å². The molecule has 0 spiro atoms. The van der Waals surface area contributed by atoms with E-state index in [1.165, 1.54) is 11.9 Å². The Balaban J connectivity index is 0.00000166. The SMILES string of the molecule is C=C1C(F)=CC(c2ccccc2)=C(c2c(F)cc(OCC(F)(F)F)cc2F)N1C.CC. The van der Waals surface area contributed by atoms with Crippen LogP contribution in [0.5, 0.6) is 5.75 Å². The number of alkyl halides is 3. The van der Waals surface area contributed by atoms with E-state index in [1.807, 2.05) is 13.8 Å². The van der Waals surface area contributed by atoms with E-state index in [0.29, 0.717) is 17.7 Å². The number of hydrogen-bond acceptors (Lipinski definition) is 2. The first-order valence-corrected chi connectivity index (χ1v) is 9.37. The van der Waals surface area contributed by atoms with Gasteiger partial charge in [0.1, 0.15) is 23.2 Å². The Morgan fingerprint density at radius 3 is 2.03 bits per heavy atom. The van der Waals surface area contributed by atoms with Gasteiger partial charge in [-0.25, -0.2) is 13.2 Å². The molecule has 2 aromatic carbocycles. The molecule has 0 aliphatic carbocycles. The first-order valence-electron chi connectivity index (χ1n) is 9.37. The zero-order valence-corrected chi connectivity index (χ0v) is 17.2. The number of likely N-dealkylation sites (N-methyl/N-ethyl adjacent to an activating group) is 1. The van der Waals surface area contributed by atoms with E-state index in [4.69, 9.17) is 0 Å². The maximum Gasteiger partial charge on any atom is 0.422 e. The molecule has 0 radical (unpaired) electrons. The standard InChI is InChI=1S/C21H15F6NO.C2H6/c1-12-16(22)10-15(13-6-4-3-5-7-13)20(28(12)2)19-17(23)8-14(9-18(19)24)29-11-21(25,26)27;1-2/h3-10H,1,11H2,2H3;1-2H3. The highest BCUT2D eigenvalue weighted by Gasteiger charge is 2.31. The highest BCUT2D eigenvalue weighted by Crippen LogP contribution is 2.41. The summed E-state index contributed by atoms with van der Waals surface area (Å²) in [5.74, 6) is -3.59. The monoisotopic (exact) mass is 441 g/mol. The van der Waals surface area contributed by atoms with Crippen LogP contribution in [0.1, 0.15) is 25.0 Å². The summed E-state index contributed by atoms with van der Waals surface area (Å²) >= 11 is 0. The summed E-state index contributed by atoms with van der Waals surface area (Å²) in [6, 6.07) is 9.67. The summed E-state index contributed by atoms with van der Waals surface area (Å²) < 4.78 is 85.2. The third-order valence-electron chi connectivity index (χ3n) is 4.28. The largest absolute Gasteiger partial charge is 0.484 e. The van der Waals surface area contributed by atoms with Crippen LogP contribution in [0.2, 0.25) is 0 Å². The normalized spacial score (nSPS) is 14.2. The maximum atomic E-state index is 14.8. The summed E-state index contributed by atoms with van der Waals surface area (Å²) in [6.07, 6.45) is -3.54. The summed E-state index contributed by atoms with van der Waals surface area (Å²) in [5.41, 5.74) is 0.0272. The summed E-state index contributed by atoms with van der Waals surface area (Å²) in [6.45, 7) is 5.88. The fraction of sp³-hybridized carbons (Fsp3) is 0.217. The molecular formula is C23H21F6NO. The summed E-state index contributed by atoms with van der Waals surface area (Å²) in [4.78, 5) is 1.19. The van der Waals surface area contributed by atoms with Crippen molar-refractivity contribution in [3.05, 3.63) is 89.4 Å². The van der Waals surface area contributed by atoms with E-state index in [0.717, 1.165) is 6.08 Å². The average molecular weight is 441 g/mol. The molecule has 2 aromatic rings. The number of hydrogen-bond donors (Lipinski definition) is 0. The van der Waals surface area contributed by atoms with Crippen molar-refractivity contribution in [2.45, 2.75) is 20.0 Å². The van der Waals surface area contributed by atoms with E-state index in [9.17, 15) is 26.3 Å². The fourth-order valence-corrected chi connectivity index (χ4v) is 2.92. The summed E-state index contributed by atoms with van der Waals surface area (Å²) in [7, 11) is 1.39. The lowest BCUT2D eigenvalue weighted by molar-refractivity contribution is -0.153. The lowest BCUT2D eigenvalue weighted by Gasteiger charge is -2.31. The quantitative estimate of drug-likeness (QED) is 0.469. The van der Waals surface area contributed by atoms with Crippen molar-refractivity contribution in [2.24, 2.45) is 0 Å². The van der Waals surface area contributed by atoms with Gasteiger partial charge in [0.25, 0.3) is 0 Å². The number of benzene rings is 2. The van der Waals surface area contributed by atoms with E-state index >= 15 is 0 Å². The Labute approximate surface area is 176 Å². The first-order chi connectivity index (χ1) is 14.6. The molecule has 3 rings (SSSR count). The van der Waals surface area contributed by atoms with E-state index in [-0.39, 0.29) is 17.0 Å². The van der Waals surface area contributed by atoms with E-state index in [1.54, 1.807) is 30.3 Å². The molecule has 0 saturated heterocycles. The fourth-order valence-electron chi connectivity index (χ4n) is 2.92. The van der Waals surface area contributed by atoms with Crippen molar-refractivity contribution in [3.8, 4) is 5.75 Å². The predicted octanol–water partition coefficient (Wildman–Crippen LogP) is 7.11. The molecule has 166 valence electrons. The second-order valence-corrected chi connectivity index (χ2v) is 6.29. The van der Waals surface area contributed by atoms with Crippen LogP contribution < -0.4 is 4.74 Å². The molecule has 1 aliphatic rings. The molecule has 1 aliphatic heterocycles. The number of halogens is 6. The van der Waals surface area contributed by atoms with Crippen molar-refractivity contribution in [1.82, 2.24) is 4.90 Å². The first kappa shape index (κ1) is 24.1. The third kappa shape index (κ3) is 5.51.